The maximum Gasteiger partial charge on any atom is 0.247 e. The van der Waals surface area contributed by atoms with Crippen molar-refractivity contribution >= 4 is 12.8 Å². The van der Waals surface area contributed by atoms with Gasteiger partial charge in [0.25, 0.3) is 0 Å². The average Bonchev–Trinajstić information content (AvgIpc) is 2.66. The minimum atomic E-state index is -2.97. The molecule has 2 aromatic rings. The van der Waals surface area contributed by atoms with Crippen LogP contribution in [0.15, 0.2) is 36.4 Å². The van der Waals surface area contributed by atoms with Gasteiger partial charge in [0.1, 0.15) is 11.2 Å². The second kappa shape index (κ2) is 9.71. The van der Waals surface area contributed by atoms with Crippen LogP contribution in [-0.4, -0.2) is 43.9 Å². The highest BCUT2D eigenvalue weighted by Gasteiger charge is 2.21. The van der Waals surface area contributed by atoms with Crippen molar-refractivity contribution in [3.05, 3.63) is 53.2 Å². The van der Waals surface area contributed by atoms with E-state index in [2.05, 4.69) is 28.6 Å². The molecule has 6 heteroatoms. The molecule has 27 heavy (non-hydrogen) atoms. The Balaban J connectivity index is 2.40. The van der Waals surface area contributed by atoms with E-state index in [1.54, 1.807) is 19.8 Å². The molecule has 1 aromatic carbocycles. The summed E-state index contributed by atoms with van der Waals surface area (Å²) in [5, 5.41) is 0. The molecule has 0 bridgehead atoms. The lowest BCUT2D eigenvalue weighted by molar-refractivity contribution is 0.339. The van der Waals surface area contributed by atoms with Crippen LogP contribution in [0, 0.1) is 11.8 Å². The van der Waals surface area contributed by atoms with Gasteiger partial charge in [-0.25, -0.2) is 4.98 Å². The number of rotatable bonds is 7. The largest absolute Gasteiger partial charge is 0.497 e. The molecule has 2 rings (SSSR count). The molecule has 5 nitrogen and oxygen atoms in total. The molecule has 1 aromatic heterocycles. The smallest absolute Gasteiger partial charge is 0.247 e. The predicted molar refractivity (Wildman–Crippen MR) is 110 cm³/mol. The lowest BCUT2D eigenvalue weighted by Crippen LogP contribution is -2.21. The zero-order valence-electron chi connectivity index (χ0n) is 16.7. The first kappa shape index (κ1) is 21.2. The number of hydrogen-bond donors (Lipinski definition) is 0. The first-order chi connectivity index (χ1) is 12.9. The topological polar surface area (TPSA) is 51.7 Å². The van der Waals surface area contributed by atoms with Crippen molar-refractivity contribution in [1.82, 2.24) is 9.88 Å². The van der Waals surface area contributed by atoms with Crippen LogP contribution in [0.4, 0.5) is 0 Å². The van der Waals surface area contributed by atoms with Gasteiger partial charge in [0.15, 0.2) is 0 Å². The molecule has 0 fully saturated rings. The Bertz CT molecular complexity index is 869. The van der Waals surface area contributed by atoms with E-state index in [1.165, 1.54) is 0 Å². The summed E-state index contributed by atoms with van der Waals surface area (Å²) in [6.07, 6.45) is 0. The van der Waals surface area contributed by atoms with Gasteiger partial charge in [-0.05, 0) is 56.9 Å². The third-order valence-electron chi connectivity index (χ3n) is 4.07. The second-order valence-electron chi connectivity index (χ2n) is 6.28. The molecular formula is C21H27N2O3P. The van der Waals surface area contributed by atoms with Crippen molar-refractivity contribution in [1.29, 1.82) is 0 Å². The number of aromatic nitrogens is 1. The Morgan fingerprint density at radius 2 is 1.78 bits per heavy atom. The van der Waals surface area contributed by atoms with Gasteiger partial charge in [0.2, 0.25) is 7.37 Å². The molecule has 0 N–H and O–H groups in total. The summed E-state index contributed by atoms with van der Waals surface area (Å²) in [4.78, 5) is 6.71. The summed E-state index contributed by atoms with van der Waals surface area (Å²) in [5.74, 6) is 7.09. The van der Waals surface area contributed by atoms with E-state index in [0.717, 1.165) is 29.1 Å². The molecule has 0 aliphatic rings. The van der Waals surface area contributed by atoms with Gasteiger partial charge in [-0.3, -0.25) is 4.57 Å². The van der Waals surface area contributed by atoms with Gasteiger partial charge in [-0.1, -0.05) is 18.8 Å². The Labute approximate surface area is 162 Å². The van der Waals surface area contributed by atoms with Gasteiger partial charge in [-0.15, -0.1) is 0 Å². The normalized spacial score (nSPS) is 13.0. The Morgan fingerprint density at radius 1 is 1.11 bits per heavy atom. The van der Waals surface area contributed by atoms with E-state index in [4.69, 9.17) is 9.26 Å². The van der Waals surface area contributed by atoms with Crippen molar-refractivity contribution < 1.29 is 13.8 Å². The molecule has 0 spiro atoms. The standard InChI is InChI=1S/C21H27N2O3P/c1-6-23(3)16-19-14-18(15-21(22-19)27(5,24)26-7-2)9-8-17-10-12-20(25-4)13-11-17/h10-15H,6-7,16H2,1-5H3. The van der Waals surface area contributed by atoms with Gasteiger partial charge in [-0.2, -0.15) is 0 Å². The first-order valence-electron chi connectivity index (χ1n) is 8.96. The molecule has 0 aliphatic heterocycles. The van der Waals surface area contributed by atoms with Crippen LogP contribution in [0.3, 0.4) is 0 Å². The monoisotopic (exact) mass is 386 g/mol. The molecule has 0 saturated heterocycles. The maximum atomic E-state index is 12.9. The fraction of sp³-hybridized carbons (Fsp3) is 0.381. The third-order valence-corrected chi connectivity index (χ3v) is 5.88. The van der Waals surface area contributed by atoms with Gasteiger partial charge >= 0.3 is 0 Å². The highest BCUT2D eigenvalue weighted by atomic mass is 31.2. The maximum absolute atomic E-state index is 12.9. The summed E-state index contributed by atoms with van der Waals surface area (Å²) >= 11 is 0. The molecule has 0 aliphatic carbocycles. The van der Waals surface area contributed by atoms with Crippen LogP contribution in [0.25, 0.3) is 0 Å². The first-order valence-corrected chi connectivity index (χ1v) is 11.0. The van der Waals surface area contributed by atoms with Crippen molar-refractivity contribution in [3.8, 4) is 17.6 Å². The van der Waals surface area contributed by atoms with Crippen LogP contribution in [0.1, 0.15) is 30.7 Å². The fourth-order valence-corrected chi connectivity index (χ4v) is 3.76. The summed E-state index contributed by atoms with van der Waals surface area (Å²) < 4.78 is 23.5. The summed E-state index contributed by atoms with van der Waals surface area (Å²) in [7, 11) is 0.682. The Kier molecular flexibility index (Phi) is 7.62. The quantitative estimate of drug-likeness (QED) is 0.538. The predicted octanol–water partition coefficient (Wildman–Crippen LogP) is 3.51. The van der Waals surface area contributed by atoms with Crippen molar-refractivity contribution in [2.24, 2.45) is 0 Å². The van der Waals surface area contributed by atoms with Crippen LogP contribution in [0.2, 0.25) is 0 Å². The molecule has 1 heterocycles. The Morgan fingerprint density at radius 3 is 2.37 bits per heavy atom. The van der Waals surface area contributed by atoms with Crippen molar-refractivity contribution in [3.63, 3.8) is 0 Å². The third kappa shape index (κ3) is 6.22. The zero-order valence-corrected chi connectivity index (χ0v) is 17.5. The minimum Gasteiger partial charge on any atom is -0.497 e. The van der Waals surface area contributed by atoms with Crippen molar-refractivity contribution in [2.45, 2.75) is 20.4 Å². The summed E-state index contributed by atoms with van der Waals surface area (Å²) in [6, 6.07) is 11.3. The van der Waals surface area contributed by atoms with Gasteiger partial charge in [0.05, 0.1) is 19.4 Å². The SMILES string of the molecule is CCOP(C)(=O)c1cc(C#Cc2ccc(OC)cc2)cc(CN(C)CC)n1. The van der Waals surface area contributed by atoms with E-state index in [1.807, 2.05) is 44.3 Å². The van der Waals surface area contributed by atoms with E-state index in [9.17, 15) is 4.57 Å². The van der Waals surface area contributed by atoms with E-state index >= 15 is 0 Å². The number of ether oxygens (including phenoxy) is 1. The van der Waals surface area contributed by atoms with E-state index < -0.39 is 7.37 Å². The summed E-state index contributed by atoms with van der Waals surface area (Å²) in [5.41, 5.74) is 2.95. The second-order valence-corrected chi connectivity index (χ2v) is 8.69. The number of methoxy groups -OCH3 is 1. The highest BCUT2D eigenvalue weighted by Crippen LogP contribution is 2.40. The highest BCUT2D eigenvalue weighted by molar-refractivity contribution is 7.65. The molecule has 0 radical (unpaired) electrons. The molecule has 0 amide bonds. The van der Waals surface area contributed by atoms with E-state index in [-0.39, 0.29) is 0 Å². The Hall–Kier alpha value is -2.12. The number of hydrogen-bond acceptors (Lipinski definition) is 5. The molecule has 1 unspecified atom stereocenters. The lowest BCUT2D eigenvalue weighted by Gasteiger charge is -2.17. The number of pyridine rings is 1. The van der Waals surface area contributed by atoms with Gasteiger partial charge in [0, 0.05) is 24.3 Å². The average molecular weight is 386 g/mol. The lowest BCUT2D eigenvalue weighted by atomic mass is 10.2. The molecular weight excluding hydrogens is 359 g/mol. The van der Waals surface area contributed by atoms with Crippen LogP contribution >= 0.6 is 7.37 Å². The minimum absolute atomic E-state index is 0.376. The van der Waals surface area contributed by atoms with Crippen molar-refractivity contribution in [2.75, 3.05) is 34.0 Å². The summed E-state index contributed by atoms with van der Waals surface area (Å²) in [6.45, 7) is 7.45. The zero-order chi connectivity index (χ0) is 19.9. The van der Waals surface area contributed by atoms with Crippen LogP contribution in [-0.2, 0) is 15.6 Å². The molecule has 144 valence electrons. The molecule has 1 atom stereocenters. The van der Waals surface area contributed by atoms with Crippen LogP contribution < -0.4 is 10.2 Å². The number of nitrogens with zero attached hydrogens (tertiary/aromatic N) is 2. The van der Waals surface area contributed by atoms with E-state index in [0.29, 0.717) is 18.6 Å². The number of benzene rings is 1. The van der Waals surface area contributed by atoms with Gasteiger partial charge < -0.3 is 14.2 Å². The van der Waals surface area contributed by atoms with Crippen LogP contribution in [0.5, 0.6) is 5.75 Å². The fourth-order valence-electron chi connectivity index (χ4n) is 2.45. The molecule has 0 saturated carbocycles.